The third kappa shape index (κ3) is 1.42. The summed E-state index contributed by atoms with van der Waals surface area (Å²) in [5, 5.41) is 11.1. The van der Waals surface area contributed by atoms with Gasteiger partial charge in [-0.1, -0.05) is 18.2 Å². The molecule has 0 radical (unpaired) electrons. The summed E-state index contributed by atoms with van der Waals surface area (Å²) in [6, 6.07) is 7.83. The highest BCUT2D eigenvalue weighted by molar-refractivity contribution is 5.41. The van der Waals surface area contributed by atoms with Crippen molar-refractivity contribution in [1.29, 1.82) is 0 Å². The SMILES string of the molecule is CN1C2CCC1CC(O)(c1ccc3c(c1)CC3)C2. The van der Waals surface area contributed by atoms with Crippen LogP contribution in [0.3, 0.4) is 0 Å². The van der Waals surface area contributed by atoms with E-state index in [4.69, 9.17) is 0 Å². The predicted octanol–water partition coefficient (Wildman–Crippen LogP) is 2.23. The molecular weight excluding hydrogens is 222 g/mol. The molecule has 2 saturated heterocycles. The van der Waals surface area contributed by atoms with Gasteiger partial charge in [-0.3, -0.25) is 0 Å². The van der Waals surface area contributed by atoms with Gasteiger partial charge in [0.05, 0.1) is 5.60 Å². The molecule has 2 nitrogen and oxygen atoms in total. The maximum atomic E-state index is 11.1. The molecule has 18 heavy (non-hydrogen) atoms. The summed E-state index contributed by atoms with van der Waals surface area (Å²) in [6.07, 6.45) is 6.77. The van der Waals surface area contributed by atoms with Crippen molar-refractivity contribution in [1.82, 2.24) is 4.90 Å². The van der Waals surface area contributed by atoms with E-state index in [1.165, 1.54) is 42.4 Å². The molecule has 1 aromatic rings. The first kappa shape index (κ1) is 11.0. The number of benzene rings is 1. The minimum absolute atomic E-state index is 0.567. The molecule has 96 valence electrons. The molecule has 0 saturated carbocycles. The van der Waals surface area contributed by atoms with Gasteiger partial charge in [-0.15, -0.1) is 0 Å². The number of aryl methyl sites for hydroxylation is 2. The summed E-state index contributed by atoms with van der Waals surface area (Å²) in [5.41, 5.74) is 3.56. The fourth-order valence-corrected chi connectivity index (χ4v) is 4.17. The zero-order valence-corrected chi connectivity index (χ0v) is 11.0. The van der Waals surface area contributed by atoms with E-state index in [1.807, 2.05) is 0 Å². The summed E-state index contributed by atoms with van der Waals surface area (Å²) in [7, 11) is 2.22. The standard InChI is InChI=1S/C16H21NO/c1-17-14-6-7-15(17)10-16(18,9-14)13-5-4-11-2-3-12(11)8-13/h4-5,8,14-15,18H,2-3,6-7,9-10H2,1H3. The first-order valence-corrected chi connectivity index (χ1v) is 7.22. The van der Waals surface area contributed by atoms with Crippen LogP contribution in [0.25, 0.3) is 0 Å². The van der Waals surface area contributed by atoms with Gasteiger partial charge in [-0.2, -0.15) is 0 Å². The summed E-state index contributed by atoms with van der Waals surface area (Å²) in [4.78, 5) is 2.48. The number of hydrogen-bond donors (Lipinski definition) is 1. The van der Waals surface area contributed by atoms with Crippen LogP contribution in [-0.2, 0) is 18.4 Å². The van der Waals surface area contributed by atoms with Crippen LogP contribution in [0.5, 0.6) is 0 Å². The molecule has 2 heterocycles. The van der Waals surface area contributed by atoms with Crippen molar-refractivity contribution in [2.24, 2.45) is 0 Å². The molecule has 1 aromatic carbocycles. The lowest BCUT2D eigenvalue weighted by atomic mass is 9.77. The second-order valence-corrected chi connectivity index (χ2v) is 6.47. The highest BCUT2D eigenvalue weighted by atomic mass is 16.3. The number of fused-ring (bicyclic) bond motifs is 3. The first-order chi connectivity index (χ1) is 8.66. The average molecular weight is 243 g/mol. The Morgan fingerprint density at radius 3 is 2.33 bits per heavy atom. The minimum atomic E-state index is -0.567. The highest BCUT2D eigenvalue weighted by Crippen LogP contribution is 2.45. The van der Waals surface area contributed by atoms with E-state index < -0.39 is 5.60 Å². The second kappa shape index (κ2) is 3.58. The van der Waals surface area contributed by atoms with Gasteiger partial charge < -0.3 is 10.0 Å². The lowest BCUT2D eigenvalue weighted by Crippen LogP contribution is -2.47. The Balaban J connectivity index is 1.69. The number of hydrogen-bond acceptors (Lipinski definition) is 2. The van der Waals surface area contributed by atoms with Gasteiger partial charge in [-0.05, 0) is 62.3 Å². The van der Waals surface area contributed by atoms with Crippen molar-refractivity contribution in [2.75, 3.05) is 7.05 Å². The fourth-order valence-electron chi connectivity index (χ4n) is 4.17. The Bertz CT molecular complexity index is 482. The van der Waals surface area contributed by atoms with Crippen LogP contribution < -0.4 is 0 Å². The predicted molar refractivity (Wildman–Crippen MR) is 71.6 cm³/mol. The van der Waals surface area contributed by atoms with Crippen LogP contribution in [0, 0.1) is 0 Å². The highest BCUT2D eigenvalue weighted by Gasteiger charge is 2.46. The minimum Gasteiger partial charge on any atom is -0.385 e. The molecule has 2 bridgehead atoms. The van der Waals surface area contributed by atoms with Crippen LogP contribution in [-0.4, -0.2) is 29.1 Å². The van der Waals surface area contributed by atoms with Crippen molar-refractivity contribution in [3.63, 3.8) is 0 Å². The Morgan fingerprint density at radius 2 is 1.78 bits per heavy atom. The molecule has 2 atom stereocenters. The van der Waals surface area contributed by atoms with Gasteiger partial charge >= 0.3 is 0 Å². The van der Waals surface area contributed by atoms with E-state index in [0.29, 0.717) is 12.1 Å². The van der Waals surface area contributed by atoms with Gasteiger partial charge in [0, 0.05) is 12.1 Å². The first-order valence-electron chi connectivity index (χ1n) is 7.22. The number of aliphatic hydroxyl groups is 1. The summed E-state index contributed by atoms with van der Waals surface area (Å²) in [5.74, 6) is 0. The molecule has 2 aliphatic heterocycles. The molecule has 3 aliphatic rings. The maximum absolute atomic E-state index is 11.1. The molecule has 0 spiro atoms. The van der Waals surface area contributed by atoms with E-state index in [9.17, 15) is 5.11 Å². The van der Waals surface area contributed by atoms with Crippen LogP contribution in [0.2, 0.25) is 0 Å². The second-order valence-electron chi connectivity index (χ2n) is 6.47. The van der Waals surface area contributed by atoms with E-state index in [2.05, 4.69) is 30.1 Å². The number of nitrogens with zero attached hydrogens (tertiary/aromatic N) is 1. The molecule has 1 aliphatic carbocycles. The third-order valence-corrected chi connectivity index (χ3v) is 5.54. The number of piperidine rings is 1. The van der Waals surface area contributed by atoms with E-state index in [-0.39, 0.29) is 0 Å². The van der Waals surface area contributed by atoms with Gasteiger partial charge in [0.2, 0.25) is 0 Å². The average Bonchev–Trinajstić information content (AvgIpc) is 2.55. The molecule has 0 amide bonds. The molecule has 2 heteroatoms. The Hall–Kier alpha value is -0.860. The molecule has 2 fully saturated rings. The normalized spacial score (nSPS) is 38.3. The quantitative estimate of drug-likeness (QED) is 0.817. The summed E-state index contributed by atoms with van der Waals surface area (Å²) < 4.78 is 0. The van der Waals surface area contributed by atoms with Gasteiger partial charge in [-0.25, -0.2) is 0 Å². The molecule has 4 rings (SSSR count). The van der Waals surface area contributed by atoms with Crippen LogP contribution >= 0.6 is 0 Å². The molecule has 0 aromatic heterocycles. The van der Waals surface area contributed by atoms with E-state index in [1.54, 1.807) is 0 Å². The lowest BCUT2D eigenvalue weighted by Gasteiger charge is -2.43. The molecule has 1 N–H and O–H groups in total. The Labute approximate surface area is 109 Å². The van der Waals surface area contributed by atoms with Crippen LogP contribution in [0.15, 0.2) is 18.2 Å². The Kier molecular flexibility index (Phi) is 2.19. The summed E-state index contributed by atoms with van der Waals surface area (Å²) >= 11 is 0. The smallest absolute Gasteiger partial charge is 0.0926 e. The van der Waals surface area contributed by atoms with E-state index >= 15 is 0 Å². The van der Waals surface area contributed by atoms with Crippen molar-refractivity contribution >= 4 is 0 Å². The third-order valence-electron chi connectivity index (χ3n) is 5.54. The molecular formula is C16H21NO. The van der Waals surface area contributed by atoms with Gasteiger partial charge in [0.15, 0.2) is 0 Å². The molecule has 2 unspecified atom stereocenters. The largest absolute Gasteiger partial charge is 0.385 e. The fraction of sp³-hybridized carbons (Fsp3) is 0.625. The topological polar surface area (TPSA) is 23.5 Å². The van der Waals surface area contributed by atoms with Gasteiger partial charge in [0.1, 0.15) is 0 Å². The van der Waals surface area contributed by atoms with E-state index in [0.717, 1.165) is 12.8 Å². The van der Waals surface area contributed by atoms with Crippen molar-refractivity contribution in [3.8, 4) is 0 Å². The van der Waals surface area contributed by atoms with Crippen molar-refractivity contribution in [2.45, 2.75) is 56.2 Å². The maximum Gasteiger partial charge on any atom is 0.0926 e. The van der Waals surface area contributed by atoms with Crippen molar-refractivity contribution in [3.05, 3.63) is 34.9 Å². The lowest BCUT2D eigenvalue weighted by molar-refractivity contribution is -0.0494. The summed E-state index contributed by atoms with van der Waals surface area (Å²) in [6.45, 7) is 0. The van der Waals surface area contributed by atoms with Crippen molar-refractivity contribution < 1.29 is 5.11 Å². The number of rotatable bonds is 1. The van der Waals surface area contributed by atoms with Crippen LogP contribution in [0.1, 0.15) is 42.4 Å². The Morgan fingerprint density at radius 1 is 1.11 bits per heavy atom. The zero-order valence-electron chi connectivity index (χ0n) is 11.0. The van der Waals surface area contributed by atoms with Crippen LogP contribution in [0.4, 0.5) is 0 Å². The van der Waals surface area contributed by atoms with Gasteiger partial charge in [0.25, 0.3) is 0 Å². The zero-order chi connectivity index (χ0) is 12.3. The monoisotopic (exact) mass is 243 g/mol.